The predicted octanol–water partition coefficient (Wildman–Crippen LogP) is 6.13. The van der Waals surface area contributed by atoms with Gasteiger partial charge in [0.25, 0.3) is 11.8 Å². The zero-order valence-electron chi connectivity index (χ0n) is 19.9. The van der Waals surface area contributed by atoms with Gasteiger partial charge in [-0.05, 0) is 73.2 Å². The van der Waals surface area contributed by atoms with E-state index in [9.17, 15) is 9.59 Å². The maximum atomic E-state index is 13.6. The number of hydrogen-bond acceptors (Lipinski definition) is 5. The number of aryl methyl sites for hydroxylation is 1. The van der Waals surface area contributed by atoms with Gasteiger partial charge < -0.3 is 9.47 Å². The van der Waals surface area contributed by atoms with E-state index in [2.05, 4.69) is 4.99 Å². The Labute approximate surface area is 209 Å². The van der Waals surface area contributed by atoms with Crippen LogP contribution in [0.5, 0.6) is 11.5 Å². The van der Waals surface area contributed by atoms with Crippen LogP contribution in [0.25, 0.3) is 0 Å². The summed E-state index contributed by atoms with van der Waals surface area (Å²) in [6.07, 6.45) is 0.871. The van der Waals surface area contributed by atoms with Gasteiger partial charge in [0.1, 0.15) is 11.5 Å². The molecule has 1 heterocycles. The third kappa shape index (κ3) is 4.61. The summed E-state index contributed by atoms with van der Waals surface area (Å²) in [4.78, 5) is 32.7. The van der Waals surface area contributed by atoms with Crippen molar-refractivity contribution in [2.75, 3.05) is 7.11 Å². The normalized spacial score (nSPS) is 14.9. The largest absolute Gasteiger partial charge is 0.497 e. The number of hydrogen-bond donors (Lipinski definition) is 0. The summed E-state index contributed by atoms with van der Waals surface area (Å²) in [7, 11) is 1.62. The third-order valence-corrected chi connectivity index (χ3v) is 5.98. The number of benzene rings is 4. The van der Waals surface area contributed by atoms with Crippen LogP contribution in [0.2, 0.25) is 0 Å². The average molecular weight is 477 g/mol. The molecule has 1 unspecified atom stereocenters. The van der Waals surface area contributed by atoms with Gasteiger partial charge in [-0.2, -0.15) is 0 Å². The van der Waals surface area contributed by atoms with E-state index in [1.807, 2.05) is 55.5 Å². The lowest BCUT2D eigenvalue weighted by Crippen LogP contribution is -2.45. The molecule has 1 aliphatic rings. The number of amides is 2. The van der Waals surface area contributed by atoms with Crippen LogP contribution in [-0.2, 0) is 0 Å². The van der Waals surface area contributed by atoms with Crippen molar-refractivity contribution in [3.8, 4) is 11.5 Å². The SMILES string of the molecule is COc1ccc(C=Nc2ccc(C(=O)N3C(=O)c4ccccc4OC3c3ccc(C)cc3)cc2)cc1. The zero-order valence-corrected chi connectivity index (χ0v) is 19.9. The number of imide groups is 1. The molecule has 4 aromatic rings. The fraction of sp³-hybridized carbons (Fsp3) is 0.100. The molecule has 0 radical (unpaired) electrons. The van der Waals surface area contributed by atoms with Crippen LogP contribution in [0, 0.1) is 6.92 Å². The molecule has 1 atom stereocenters. The monoisotopic (exact) mass is 476 g/mol. The number of fused-ring (bicyclic) bond motifs is 1. The molecule has 2 amide bonds. The number of para-hydroxylation sites is 1. The highest BCUT2D eigenvalue weighted by Crippen LogP contribution is 2.36. The minimum Gasteiger partial charge on any atom is -0.497 e. The highest BCUT2D eigenvalue weighted by molar-refractivity contribution is 6.12. The Hall–Kier alpha value is -4.71. The lowest BCUT2D eigenvalue weighted by molar-refractivity contribution is 0.0107. The van der Waals surface area contributed by atoms with Gasteiger partial charge in [0.2, 0.25) is 6.23 Å². The van der Waals surface area contributed by atoms with Gasteiger partial charge in [-0.1, -0.05) is 42.0 Å². The number of carbonyl (C=O) groups is 2. The van der Waals surface area contributed by atoms with Crippen molar-refractivity contribution in [3.05, 3.63) is 125 Å². The molecule has 0 N–H and O–H groups in total. The Balaban J connectivity index is 1.42. The molecule has 1 aliphatic heterocycles. The van der Waals surface area contributed by atoms with Crippen LogP contribution in [0.4, 0.5) is 5.69 Å². The van der Waals surface area contributed by atoms with Gasteiger partial charge in [0, 0.05) is 17.3 Å². The zero-order chi connectivity index (χ0) is 25.1. The van der Waals surface area contributed by atoms with Crippen molar-refractivity contribution in [2.45, 2.75) is 13.2 Å². The molecule has 0 aromatic heterocycles. The lowest BCUT2D eigenvalue weighted by Gasteiger charge is -2.35. The maximum Gasteiger partial charge on any atom is 0.267 e. The van der Waals surface area contributed by atoms with Crippen molar-refractivity contribution in [1.29, 1.82) is 0 Å². The topological polar surface area (TPSA) is 68.2 Å². The van der Waals surface area contributed by atoms with Crippen LogP contribution in [0.3, 0.4) is 0 Å². The average Bonchev–Trinajstić information content (AvgIpc) is 2.92. The van der Waals surface area contributed by atoms with Crippen molar-refractivity contribution in [1.82, 2.24) is 4.90 Å². The summed E-state index contributed by atoms with van der Waals surface area (Å²) in [6.45, 7) is 1.98. The van der Waals surface area contributed by atoms with Gasteiger partial charge in [0.15, 0.2) is 0 Å². The molecule has 178 valence electrons. The van der Waals surface area contributed by atoms with Crippen molar-refractivity contribution in [2.24, 2.45) is 4.99 Å². The first kappa shape index (κ1) is 23.1. The fourth-order valence-electron chi connectivity index (χ4n) is 3.97. The molecular formula is C30H24N2O4. The number of rotatable bonds is 5. The molecule has 4 aromatic carbocycles. The van der Waals surface area contributed by atoms with Crippen LogP contribution < -0.4 is 9.47 Å². The number of carbonyl (C=O) groups excluding carboxylic acids is 2. The Bertz CT molecular complexity index is 1430. The van der Waals surface area contributed by atoms with Crippen LogP contribution in [-0.4, -0.2) is 30.0 Å². The van der Waals surface area contributed by atoms with Crippen molar-refractivity contribution in [3.63, 3.8) is 0 Å². The van der Waals surface area contributed by atoms with E-state index in [1.165, 1.54) is 4.90 Å². The van der Waals surface area contributed by atoms with E-state index in [4.69, 9.17) is 9.47 Å². The molecular weight excluding hydrogens is 452 g/mol. The molecule has 5 rings (SSSR count). The molecule has 0 aliphatic carbocycles. The van der Waals surface area contributed by atoms with Gasteiger partial charge in [-0.25, -0.2) is 4.90 Å². The van der Waals surface area contributed by atoms with E-state index in [1.54, 1.807) is 61.9 Å². The molecule has 0 saturated heterocycles. The number of nitrogens with zero attached hydrogens (tertiary/aromatic N) is 2. The van der Waals surface area contributed by atoms with Crippen molar-refractivity contribution < 1.29 is 19.1 Å². The van der Waals surface area contributed by atoms with E-state index >= 15 is 0 Å². The summed E-state index contributed by atoms with van der Waals surface area (Å²) >= 11 is 0. The maximum absolute atomic E-state index is 13.6. The smallest absolute Gasteiger partial charge is 0.267 e. The molecule has 0 bridgehead atoms. The number of ether oxygens (including phenoxy) is 2. The summed E-state index contributed by atoms with van der Waals surface area (Å²) in [5.41, 5.74) is 4.12. The summed E-state index contributed by atoms with van der Waals surface area (Å²) < 4.78 is 11.3. The fourth-order valence-corrected chi connectivity index (χ4v) is 3.97. The van der Waals surface area contributed by atoms with Crippen molar-refractivity contribution >= 4 is 23.7 Å². The molecule has 0 fully saturated rings. The second-order valence-corrected chi connectivity index (χ2v) is 8.44. The summed E-state index contributed by atoms with van der Waals surface area (Å²) in [6, 6.07) is 29.0. The Kier molecular flexibility index (Phi) is 6.33. The highest BCUT2D eigenvalue weighted by atomic mass is 16.5. The molecule has 6 heteroatoms. The minimum atomic E-state index is -0.867. The van der Waals surface area contributed by atoms with Crippen LogP contribution >= 0.6 is 0 Å². The molecule has 36 heavy (non-hydrogen) atoms. The van der Waals surface area contributed by atoms with E-state index in [0.717, 1.165) is 22.4 Å². The minimum absolute atomic E-state index is 0.356. The second-order valence-electron chi connectivity index (χ2n) is 8.44. The quantitative estimate of drug-likeness (QED) is 0.257. The first-order chi connectivity index (χ1) is 17.5. The van der Waals surface area contributed by atoms with Gasteiger partial charge in [-0.3, -0.25) is 14.6 Å². The van der Waals surface area contributed by atoms with E-state index in [-0.39, 0.29) is 0 Å². The Morgan fingerprint density at radius 3 is 2.31 bits per heavy atom. The molecule has 6 nitrogen and oxygen atoms in total. The van der Waals surface area contributed by atoms with E-state index in [0.29, 0.717) is 22.6 Å². The number of aliphatic imine (C=N–C) groups is 1. The van der Waals surface area contributed by atoms with Crippen LogP contribution in [0.1, 0.15) is 43.6 Å². The summed E-state index contributed by atoms with van der Waals surface area (Å²) in [5.74, 6) is 0.401. The standard InChI is InChI=1S/C30H24N2O4/c1-20-7-11-23(12-8-20)30-32(29(34)26-5-3-4-6-27(26)36-30)28(33)22-13-15-24(16-14-22)31-19-21-9-17-25(35-2)18-10-21/h3-19,30H,1-2H3. The second kappa shape index (κ2) is 9.88. The summed E-state index contributed by atoms with van der Waals surface area (Å²) in [5, 5.41) is 0. The number of methoxy groups -OCH3 is 1. The molecule has 0 spiro atoms. The van der Waals surface area contributed by atoms with Gasteiger partial charge >= 0.3 is 0 Å². The first-order valence-electron chi connectivity index (χ1n) is 11.5. The lowest BCUT2D eigenvalue weighted by atomic mass is 10.0. The third-order valence-electron chi connectivity index (χ3n) is 5.98. The Morgan fingerprint density at radius 1 is 0.917 bits per heavy atom. The predicted molar refractivity (Wildman–Crippen MR) is 138 cm³/mol. The Morgan fingerprint density at radius 2 is 1.61 bits per heavy atom. The van der Waals surface area contributed by atoms with E-state index < -0.39 is 18.0 Å². The first-order valence-corrected chi connectivity index (χ1v) is 11.5. The van der Waals surface area contributed by atoms with Crippen LogP contribution in [0.15, 0.2) is 102 Å². The van der Waals surface area contributed by atoms with Gasteiger partial charge in [-0.15, -0.1) is 0 Å². The van der Waals surface area contributed by atoms with Gasteiger partial charge in [0.05, 0.1) is 18.4 Å². The highest BCUT2D eigenvalue weighted by Gasteiger charge is 2.39. The molecule has 0 saturated carbocycles.